The average molecular weight is 605 g/mol. The van der Waals surface area contributed by atoms with Gasteiger partial charge in [-0.2, -0.15) is 0 Å². The van der Waals surface area contributed by atoms with Crippen molar-refractivity contribution < 1.29 is 49.0 Å². The minimum absolute atomic E-state index is 0.272. The first-order chi connectivity index (χ1) is 20.5. The Morgan fingerprint density at radius 2 is 1.72 bits per heavy atom. The van der Waals surface area contributed by atoms with E-state index in [1.165, 1.54) is 12.8 Å². The van der Waals surface area contributed by atoms with Gasteiger partial charge in [-0.15, -0.1) is 0 Å². The summed E-state index contributed by atoms with van der Waals surface area (Å²) in [5.74, 6) is -2.53. The highest BCUT2D eigenvalue weighted by molar-refractivity contribution is 5.88. The topological polar surface area (TPSA) is 192 Å². The summed E-state index contributed by atoms with van der Waals surface area (Å²) in [5, 5.41) is 33.8. The maximum atomic E-state index is 10.3. The molecule has 1 atom stereocenters. The summed E-state index contributed by atoms with van der Waals surface area (Å²) in [7, 11) is 3.38. The van der Waals surface area contributed by atoms with Crippen molar-refractivity contribution in [2.24, 2.45) is 0 Å². The van der Waals surface area contributed by atoms with Crippen molar-refractivity contribution >= 4 is 23.9 Å². The Morgan fingerprint density at radius 3 is 2.28 bits per heavy atom. The number of aromatic nitrogens is 2. The zero-order chi connectivity index (χ0) is 31.4. The number of benzene rings is 1. The Morgan fingerprint density at radius 1 is 1.02 bits per heavy atom. The molecular weight excluding hydrogens is 564 g/mol. The number of hydrogen-bond donors (Lipinski definition) is 4. The predicted molar refractivity (Wildman–Crippen MR) is 153 cm³/mol. The van der Waals surface area contributed by atoms with Crippen LogP contribution in [0.15, 0.2) is 30.5 Å². The summed E-state index contributed by atoms with van der Waals surface area (Å²) in [6.07, 6.45) is 4.55. The third kappa shape index (κ3) is 10.3. The number of rotatable bonds is 14. The van der Waals surface area contributed by atoms with Gasteiger partial charge in [-0.25, -0.2) is 14.8 Å². The molecule has 43 heavy (non-hydrogen) atoms. The number of carboxylic acids is 3. The molecule has 0 saturated carbocycles. The van der Waals surface area contributed by atoms with Gasteiger partial charge in [0.15, 0.2) is 5.60 Å². The number of carboxylic acid groups (broad SMARTS) is 3. The molecule has 1 aromatic carbocycles. The van der Waals surface area contributed by atoms with Gasteiger partial charge in [0.2, 0.25) is 5.95 Å². The number of anilines is 1. The fourth-order valence-corrected chi connectivity index (χ4v) is 4.97. The standard InChI is InChI=1S/C23H32N4O3.C6H8O7/c1-28-20-8-7-18(22(14-20)29-2)15-26(17-21-6-5-13-30-21)16-19-9-10-24-23(25-19)27-11-3-4-12-27;7-3(8)1-6(13,5(11)12)2-4(9)10/h7-10,14,21H,3-6,11-13,15-17H2,1-2H3;13H,1-2H2,(H,7,8)(H,9,10)(H,11,12). The highest BCUT2D eigenvalue weighted by Gasteiger charge is 2.40. The molecule has 3 heterocycles. The zero-order valence-electron chi connectivity index (χ0n) is 24.5. The van der Waals surface area contributed by atoms with E-state index >= 15 is 0 Å². The Balaban J connectivity index is 0.000000331. The molecule has 1 aromatic heterocycles. The first kappa shape index (κ1) is 33.5. The van der Waals surface area contributed by atoms with Crippen LogP contribution in [-0.4, -0.2) is 105 Å². The Bertz CT molecular complexity index is 1220. The second kappa shape index (κ2) is 16.0. The van der Waals surface area contributed by atoms with Crippen molar-refractivity contribution in [1.29, 1.82) is 0 Å². The summed E-state index contributed by atoms with van der Waals surface area (Å²) in [5.41, 5.74) is -0.569. The molecular formula is C29H40N4O10. The second-order valence-corrected chi connectivity index (χ2v) is 10.5. The van der Waals surface area contributed by atoms with Crippen LogP contribution in [0.3, 0.4) is 0 Å². The van der Waals surface area contributed by atoms with Gasteiger partial charge in [0, 0.05) is 57.2 Å². The van der Waals surface area contributed by atoms with Crippen LogP contribution < -0.4 is 14.4 Å². The van der Waals surface area contributed by atoms with Gasteiger partial charge in [-0.1, -0.05) is 6.07 Å². The van der Waals surface area contributed by atoms with Gasteiger partial charge in [0.05, 0.1) is 38.9 Å². The van der Waals surface area contributed by atoms with Crippen LogP contribution in [0, 0.1) is 0 Å². The summed E-state index contributed by atoms with van der Waals surface area (Å²) < 4.78 is 16.9. The molecule has 4 rings (SSSR count). The Kier molecular flexibility index (Phi) is 12.5. The molecule has 14 heteroatoms. The number of hydrogen-bond acceptors (Lipinski definition) is 11. The van der Waals surface area contributed by atoms with Gasteiger partial charge in [0.1, 0.15) is 11.5 Å². The van der Waals surface area contributed by atoms with E-state index in [0.29, 0.717) is 0 Å². The first-order valence-corrected chi connectivity index (χ1v) is 14.0. The molecule has 0 aliphatic carbocycles. The van der Waals surface area contributed by atoms with Crippen LogP contribution in [-0.2, 0) is 32.2 Å². The van der Waals surface area contributed by atoms with Crippen molar-refractivity contribution in [2.45, 2.75) is 63.3 Å². The van der Waals surface area contributed by atoms with Crippen LogP contribution in [0.2, 0.25) is 0 Å². The lowest BCUT2D eigenvalue weighted by Crippen LogP contribution is -2.42. The molecule has 236 valence electrons. The molecule has 0 radical (unpaired) electrons. The van der Waals surface area contributed by atoms with E-state index in [-0.39, 0.29) is 6.10 Å². The molecule has 1 unspecified atom stereocenters. The highest BCUT2D eigenvalue weighted by Crippen LogP contribution is 2.27. The molecule has 4 N–H and O–H groups in total. The van der Waals surface area contributed by atoms with Crippen LogP contribution >= 0.6 is 0 Å². The van der Waals surface area contributed by atoms with Crippen molar-refractivity contribution in [3.05, 3.63) is 41.7 Å². The zero-order valence-corrected chi connectivity index (χ0v) is 24.5. The first-order valence-electron chi connectivity index (χ1n) is 14.0. The maximum Gasteiger partial charge on any atom is 0.336 e. The van der Waals surface area contributed by atoms with Crippen LogP contribution in [0.1, 0.15) is 49.8 Å². The van der Waals surface area contributed by atoms with Crippen molar-refractivity contribution in [3.63, 3.8) is 0 Å². The normalized spacial score (nSPS) is 16.5. The molecule has 0 spiro atoms. The fourth-order valence-electron chi connectivity index (χ4n) is 4.97. The second-order valence-electron chi connectivity index (χ2n) is 10.5. The molecule has 14 nitrogen and oxygen atoms in total. The van der Waals surface area contributed by atoms with Crippen LogP contribution in [0.4, 0.5) is 5.95 Å². The van der Waals surface area contributed by atoms with E-state index in [1.54, 1.807) is 14.2 Å². The largest absolute Gasteiger partial charge is 0.497 e. The quantitative estimate of drug-likeness (QED) is 0.245. The number of aliphatic carboxylic acids is 3. The lowest BCUT2D eigenvalue weighted by Gasteiger charge is -2.26. The monoisotopic (exact) mass is 604 g/mol. The smallest absolute Gasteiger partial charge is 0.336 e. The number of carbonyl (C=O) groups is 3. The Labute approximate surface area is 249 Å². The lowest BCUT2D eigenvalue weighted by molar-refractivity contribution is -0.170. The highest BCUT2D eigenvalue weighted by atomic mass is 16.5. The fraction of sp³-hybridized carbons (Fsp3) is 0.552. The SMILES string of the molecule is COc1ccc(CN(Cc2ccnc(N3CCCC3)n2)CC2CCCO2)c(OC)c1.O=C(O)CC(O)(CC(=O)O)C(=O)O. The summed E-state index contributed by atoms with van der Waals surface area (Å²) >= 11 is 0. The Hall–Kier alpha value is -4.01. The van der Waals surface area contributed by atoms with Crippen molar-refractivity contribution in [3.8, 4) is 11.5 Å². The van der Waals surface area contributed by atoms with Gasteiger partial charge in [0.25, 0.3) is 0 Å². The number of nitrogens with zero attached hydrogens (tertiary/aromatic N) is 4. The number of aliphatic hydroxyl groups is 1. The molecule has 2 aliphatic heterocycles. The summed E-state index contributed by atoms with van der Waals surface area (Å²) in [6, 6.07) is 8.02. The summed E-state index contributed by atoms with van der Waals surface area (Å²) in [4.78, 5) is 44.5. The van der Waals surface area contributed by atoms with E-state index in [1.807, 2.05) is 24.4 Å². The minimum atomic E-state index is -2.74. The van der Waals surface area contributed by atoms with E-state index < -0.39 is 36.4 Å². The van der Waals surface area contributed by atoms with E-state index in [4.69, 9.17) is 39.6 Å². The average Bonchev–Trinajstić information content (AvgIpc) is 3.68. The van der Waals surface area contributed by atoms with Crippen LogP contribution in [0.25, 0.3) is 0 Å². The maximum absolute atomic E-state index is 10.3. The van der Waals surface area contributed by atoms with Crippen LogP contribution in [0.5, 0.6) is 11.5 Å². The molecule has 2 saturated heterocycles. The predicted octanol–water partition coefficient (Wildman–Crippen LogP) is 2.03. The molecule has 2 aromatic rings. The molecule has 0 amide bonds. The third-order valence-corrected chi connectivity index (χ3v) is 7.13. The summed E-state index contributed by atoms with van der Waals surface area (Å²) in [6.45, 7) is 5.34. The number of ether oxygens (including phenoxy) is 3. The lowest BCUT2D eigenvalue weighted by atomic mass is 9.96. The van der Waals surface area contributed by atoms with Crippen molar-refractivity contribution in [1.82, 2.24) is 14.9 Å². The van der Waals surface area contributed by atoms with E-state index in [2.05, 4.69) is 20.9 Å². The van der Waals surface area contributed by atoms with E-state index in [0.717, 1.165) is 80.9 Å². The minimum Gasteiger partial charge on any atom is -0.497 e. The van der Waals surface area contributed by atoms with Gasteiger partial charge >= 0.3 is 17.9 Å². The van der Waals surface area contributed by atoms with Gasteiger partial charge < -0.3 is 39.5 Å². The third-order valence-electron chi connectivity index (χ3n) is 7.13. The molecule has 2 aliphatic rings. The van der Waals surface area contributed by atoms with Crippen molar-refractivity contribution in [2.75, 3.05) is 45.4 Å². The molecule has 0 bridgehead atoms. The van der Waals surface area contributed by atoms with E-state index in [9.17, 15) is 14.4 Å². The molecule has 2 fully saturated rings. The van der Waals surface area contributed by atoms with Gasteiger partial charge in [-0.3, -0.25) is 14.5 Å². The van der Waals surface area contributed by atoms with Gasteiger partial charge in [-0.05, 0) is 37.8 Å². The number of methoxy groups -OCH3 is 2.